The summed E-state index contributed by atoms with van der Waals surface area (Å²) in [5, 5.41) is 10.9. The molecule has 0 saturated carbocycles. The Kier molecular flexibility index (Phi) is 6.04. The number of aromatic nitrogens is 2. The van der Waals surface area contributed by atoms with Crippen molar-refractivity contribution in [3.05, 3.63) is 61.6 Å². The van der Waals surface area contributed by atoms with E-state index in [1.54, 1.807) is 6.92 Å². The summed E-state index contributed by atoms with van der Waals surface area (Å²) in [5.74, 6) is -0.940. The Morgan fingerprint density at radius 3 is 2.67 bits per heavy atom. The molecule has 2 N–H and O–H groups in total. The fourth-order valence-electron chi connectivity index (χ4n) is 2.74. The molecule has 0 bridgehead atoms. The van der Waals surface area contributed by atoms with Crippen LogP contribution in [0, 0.1) is 28.8 Å². The second-order valence-electron chi connectivity index (χ2n) is 6.77. The van der Waals surface area contributed by atoms with Crippen LogP contribution in [0.15, 0.2) is 23.1 Å². The third-order valence-corrected chi connectivity index (χ3v) is 4.14. The van der Waals surface area contributed by atoms with Crippen molar-refractivity contribution in [3.63, 3.8) is 0 Å². The number of nitrogens with two attached hydrogens (primary N) is 1. The van der Waals surface area contributed by atoms with Gasteiger partial charge in [0, 0.05) is 23.7 Å². The zero-order chi connectivity index (χ0) is 20.3. The van der Waals surface area contributed by atoms with Gasteiger partial charge in [-0.15, -0.1) is 0 Å². The lowest BCUT2D eigenvalue weighted by molar-refractivity contribution is -0.386. The molecule has 0 aliphatic heterocycles. The Bertz CT molecular complexity index is 953. The van der Waals surface area contributed by atoms with Gasteiger partial charge in [-0.2, -0.15) is 0 Å². The van der Waals surface area contributed by atoms with E-state index < -0.39 is 34.3 Å². The molecule has 0 fully saturated rings. The number of rotatable bonds is 7. The molecule has 0 atom stereocenters. The van der Waals surface area contributed by atoms with Crippen LogP contribution in [0.1, 0.15) is 30.8 Å². The first-order valence-electron chi connectivity index (χ1n) is 8.40. The van der Waals surface area contributed by atoms with Crippen LogP contribution < -0.4 is 11.3 Å². The van der Waals surface area contributed by atoms with Gasteiger partial charge < -0.3 is 5.73 Å². The SMILES string of the molecule is Cc1ccc([N+](=O)[O-])c(=O)n1CC(=O)Cc1c(F)cnc(CC(C)C)c1N. The maximum atomic E-state index is 14.1. The molecule has 27 heavy (non-hydrogen) atoms. The van der Waals surface area contributed by atoms with Crippen molar-refractivity contribution in [2.45, 2.75) is 40.2 Å². The van der Waals surface area contributed by atoms with Crippen LogP contribution in [0.4, 0.5) is 15.8 Å². The number of ketones is 1. The summed E-state index contributed by atoms with van der Waals surface area (Å²) in [6.45, 7) is 5.08. The molecule has 144 valence electrons. The summed E-state index contributed by atoms with van der Waals surface area (Å²) in [5.41, 5.74) is 5.54. The van der Waals surface area contributed by atoms with E-state index in [0.29, 0.717) is 17.8 Å². The van der Waals surface area contributed by atoms with Crippen molar-refractivity contribution in [2.75, 3.05) is 5.73 Å². The van der Waals surface area contributed by atoms with Crippen molar-refractivity contribution >= 4 is 17.2 Å². The molecule has 2 rings (SSSR count). The number of hydrogen-bond donors (Lipinski definition) is 1. The molecular formula is C18H21FN4O4. The number of aryl methyl sites for hydroxylation is 1. The molecule has 2 heterocycles. The first kappa shape index (κ1) is 20.2. The molecule has 0 aromatic carbocycles. The third-order valence-electron chi connectivity index (χ3n) is 4.14. The predicted octanol–water partition coefficient (Wildman–Crippen LogP) is 2.19. The number of anilines is 1. The molecule has 0 saturated heterocycles. The van der Waals surface area contributed by atoms with Gasteiger partial charge >= 0.3 is 11.2 Å². The lowest BCUT2D eigenvalue weighted by atomic mass is 10.0. The van der Waals surface area contributed by atoms with Crippen LogP contribution in [-0.2, 0) is 24.2 Å². The van der Waals surface area contributed by atoms with Crippen LogP contribution in [0.25, 0.3) is 0 Å². The van der Waals surface area contributed by atoms with Gasteiger partial charge in [-0.25, -0.2) is 4.39 Å². The molecule has 2 aromatic heterocycles. The maximum Gasteiger partial charge on any atom is 0.334 e. The van der Waals surface area contributed by atoms with E-state index in [1.807, 2.05) is 13.8 Å². The molecule has 0 radical (unpaired) electrons. The highest BCUT2D eigenvalue weighted by Gasteiger charge is 2.20. The van der Waals surface area contributed by atoms with E-state index in [-0.39, 0.29) is 23.6 Å². The van der Waals surface area contributed by atoms with Gasteiger partial charge in [0.2, 0.25) is 0 Å². The number of carbonyl (C=O) groups is 1. The fourth-order valence-corrected chi connectivity index (χ4v) is 2.74. The lowest BCUT2D eigenvalue weighted by Crippen LogP contribution is -2.28. The number of nitrogens with zero attached hydrogens (tertiary/aromatic N) is 3. The highest BCUT2D eigenvalue weighted by Crippen LogP contribution is 2.22. The average Bonchev–Trinajstić information content (AvgIpc) is 2.57. The average molecular weight is 376 g/mol. The Hall–Kier alpha value is -3.10. The summed E-state index contributed by atoms with van der Waals surface area (Å²) < 4.78 is 15.1. The second kappa shape index (κ2) is 8.07. The number of hydrogen-bond acceptors (Lipinski definition) is 6. The topological polar surface area (TPSA) is 121 Å². The standard InChI is InChI=1S/C18H21FN4O4/c1-10(2)6-15-17(20)13(14(19)8-21-15)7-12(24)9-22-11(3)4-5-16(18(22)25)23(26)27/h4-5,8,10H,6-7,9,20H2,1-3H3. The fraction of sp³-hybridized carbons (Fsp3) is 0.389. The van der Waals surface area contributed by atoms with Gasteiger partial charge in [-0.3, -0.25) is 29.3 Å². The molecule has 9 heteroatoms. The Balaban J connectivity index is 2.31. The number of pyridine rings is 2. The zero-order valence-electron chi connectivity index (χ0n) is 15.4. The van der Waals surface area contributed by atoms with Gasteiger partial charge in [0.1, 0.15) is 5.82 Å². The minimum Gasteiger partial charge on any atom is -0.397 e. The van der Waals surface area contributed by atoms with Crippen molar-refractivity contribution in [1.29, 1.82) is 0 Å². The molecule has 2 aromatic rings. The molecule has 0 aliphatic rings. The monoisotopic (exact) mass is 376 g/mol. The highest BCUT2D eigenvalue weighted by molar-refractivity contribution is 5.82. The van der Waals surface area contributed by atoms with E-state index in [0.717, 1.165) is 16.8 Å². The van der Waals surface area contributed by atoms with Gasteiger partial charge in [0.25, 0.3) is 0 Å². The molecular weight excluding hydrogens is 355 g/mol. The summed E-state index contributed by atoms with van der Waals surface area (Å²) in [6.07, 6.45) is 1.23. The lowest BCUT2D eigenvalue weighted by Gasteiger charge is -2.13. The minimum atomic E-state index is -0.878. The number of carbonyl (C=O) groups excluding carboxylic acids is 1. The first-order chi connectivity index (χ1) is 12.6. The number of nitro groups is 1. The number of nitrogen functional groups attached to an aromatic ring is 1. The van der Waals surface area contributed by atoms with Gasteiger partial charge in [-0.1, -0.05) is 13.8 Å². The van der Waals surface area contributed by atoms with E-state index in [2.05, 4.69) is 4.98 Å². The summed E-state index contributed by atoms with van der Waals surface area (Å²) in [7, 11) is 0. The minimum absolute atomic E-state index is 0.0294. The molecule has 0 unspecified atom stereocenters. The van der Waals surface area contributed by atoms with Crippen molar-refractivity contribution in [2.24, 2.45) is 5.92 Å². The van der Waals surface area contributed by atoms with Crippen LogP contribution in [0.3, 0.4) is 0 Å². The number of halogens is 1. The zero-order valence-corrected chi connectivity index (χ0v) is 15.4. The van der Waals surface area contributed by atoms with Crippen LogP contribution >= 0.6 is 0 Å². The second-order valence-corrected chi connectivity index (χ2v) is 6.77. The summed E-state index contributed by atoms with van der Waals surface area (Å²) >= 11 is 0. The quantitative estimate of drug-likeness (QED) is 0.584. The molecule has 8 nitrogen and oxygen atoms in total. The smallest absolute Gasteiger partial charge is 0.334 e. The van der Waals surface area contributed by atoms with Crippen molar-refractivity contribution < 1.29 is 14.1 Å². The van der Waals surface area contributed by atoms with Crippen LogP contribution in [0.2, 0.25) is 0 Å². The van der Waals surface area contributed by atoms with E-state index in [9.17, 15) is 24.1 Å². The van der Waals surface area contributed by atoms with E-state index in [4.69, 9.17) is 5.73 Å². The third kappa shape index (κ3) is 4.55. The predicted molar refractivity (Wildman–Crippen MR) is 98.0 cm³/mol. The Labute approximate surface area is 155 Å². The van der Waals surface area contributed by atoms with E-state index >= 15 is 0 Å². The van der Waals surface area contributed by atoms with Crippen LogP contribution in [0.5, 0.6) is 0 Å². The summed E-state index contributed by atoms with van der Waals surface area (Å²) in [4.78, 5) is 38.7. The van der Waals surface area contributed by atoms with E-state index in [1.165, 1.54) is 6.07 Å². The van der Waals surface area contributed by atoms with Crippen molar-refractivity contribution in [3.8, 4) is 0 Å². The van der Waals surface area contributed by atoms with Crippen LogP contribution in [-0.4, -0.2) is 20.3 Å². The number of Topliss-reactive ketones (excluding diaryl/α,β-unsaturated/α-hetero) is 1. The summed E-state index contributed by atoms with van der Waals surface area (Å²) in [6, 6.07) is 2.48. The largest absolute Gasteiger partial charge is 0.397 e. The Morgan fingerprint density at radius 1 is 1.41 bits per heavy atom. The maximum absolute atomic E-state index is 14.1. The molecule has 0 spiro atoms. The van der Waals surface area contributed by atoms with Gasteiger partial charge in [0.15, 0.2) is 5.78 Å². The normalized spacial score (nSPS) is 11.0. The highest BCUT2D eigenvalue weighted by atomic mass is 19.1. The molecule has 0 aliphatic carbocycles. The first-order valence-corrected chi connectivity index (χ1v) is 8.40. The van der Waals surface area contributed by atoms with Gasteiger partial charge in [0.05, 0.1) is 29.0 Å². The Morgan fingerprint density at radius 2 is 2.07 bits per heavy atom. The molecule has 0 amide bonds. The van der Waals surface area contributed by atoms with Gasteiger partial charge in [-0.05, 0) is 25.3 Å². The van der Waals surface area contributed by atoms with Crippen molar-refractivity contribution in [1.82, 2.24) is 9.55 Å².